The van der Waals surface area contributed by atoms with Gasteiger partial charge in [-0.25, -0.2) is 8.42 Å². The van der Waals surface area contributed by atoms with E-state index in [-0.39, 0.29) is 0 Å². The number of aryl methyl sites for hydroxylation is 1. The van der Waals surface area contributed by atoms with Gasteiger partial charge in [-0.3, -0.25) is 4.72 Å². The fourth-order valence-corrected chi connectivity index (χ4v) is 3.46. The summed E-state index contributed by atoms with van der Waals surface area (Å²) >= 11 is 0. The number of nitrogens with one attached hydrogen (secondary N) is 1. The van der Waals surface area contributed by atoms with Crippen LogP contribution in [-0.4, -0.2) is 27.4 Å². The van der Waals surface area contributed by atoms with Crippen molar-refractivity contribution in [3.8, 4) is 0 Å². The van der Waals surface area contributed by atoms with Crippen molar-refractivity contribution in [2.75, 3.05) is 18.8 Å². The Morgan fingerprint density at radius 2 is 1.76 bits per heavy atom. The number of hydrogen-bond donors (Lipinski definition) is 1. The first-order valence-electron chi connectivity index (χ1n) is 6.70. The summed E-state index contributed by atoms with van der Waals surface area (Å²) in [5, 5.41) is 0. The molecule has 0 bridgehead atoms. The summed E-state index contributed by atoms with van der Waals surface area (Å²) in [6.45, 7) is 2.55. The standard InChI is InChI=1S/C16H20N2O2S/c1-13-7-4-5-10-16(13)21(19,20)17-15-9-6-8-14(11-15)12-18(2)3/h4-11,17H,12H2,1-3H3. The van der Waals surface area contributed by atoms with Crippen LogP contribution in [0.3, 0.4) is 0 Å². The Morgan fingerprint density at radius 3 is 2.43 bits per heavy atom. The third-order valence-corrected chi connectivity index (χ3v) is 4.60. The van der Waals surface area contributed by atoms with Crippen LogP contribution < -0.4 is 4.72 Å². The molecule has 0 aliphatic carbocycles. The van der Waals surface area contributed by atoms with Gasteiger partial charge in [-0.15, -0.1) is 0 Å². The third-order valence-electron chi connectivity index (χ3n) is 3.06. The molecule has 21 heavy (non-hydrogen) atoms. The third kappa shape index (κ3) is 4.06. The second-order valence-electron chi connectivity index (χ2n) is 5.31. The van der Waals surface area contributed by atoms with E-state index in [4.69, 9.17) is 0 Å². The smallest absolute Gasteiger partial charge is 0.262 e. The van der Waals surface area contributed by atoms with E-state index in [2.05, 4.69) is 4.72 Å². The van der Waals surface area contributed by atoms with Gasteiger partial charge in [-0.2, -0.15) is 0 Å². The summed E-state index contributed by atoms with van der Waals surface area (Å²) in [6, 6.07) is 14.4. The van der Waals surface area contributed by atoms with Crippen molar-refractivity contribution in [3.05, 3.63) is 59.7 Å². The zero-order valence-corrected chi connectivity index (χ0v) is 13.3. The van der Waals surface area contributed by atoms with Gasteiger partial charge in [0.15, 0.2) is 0 Å². The molecule has 4 nitrogen and oxygen atoms in total. The van der Waals surface area contributed by atoms with Gasteiger partial charge in [0.2, 0.25) is 0 Å². The maximum absolute atomic E-state index is 12.4. The predicted molar refractivity (Wildman–Crippen MR) is 85.8 cm³/mol. The molecule has 112 valence electrons. The average Bonchev–Trinajstić information content (AvgIpc) is 2.38. The topological polar surface area (TPSA) is 49.4 Å². The van der Waals surface area contributed by atoms with Gasteiger partial charge >= 0.3 is 0 Å². The second kappa shape index (κ2) is 6.28. The van der Waals surface area contributed by atoms with Crippen LogP contribution in [0, 0.1) is 6.92 Å². The molecule has 0 spiro atoms. The Hall–Kier alpha value is -1.85. The zero-order chi connectivity index (χ0) is 15.5. The van der Waals surface area contributed by atoms with Crippen LogP contribution in [0.15, 0.2) is 53.4 Å². The van der Waals surface area contributed by atoms with Crippen molar-refractivity contribution in [3.63, 3.8) is 0 Å². The molecule has 0 unspecified atom stereocenters. The van der Waals surface area contributed by atoms with Crippen molar-refractivity contribution in [1.82, 2.24) is 4.90 Å². The molecular weight excluding hydrogens is 284 g/mol. The van der Waals surface area contributed by atoms with Crippen molar-refractivity contribution >= 4 is 15.7 Å². The van der Waals surface area contributed by atoms with Crippen molar-refractivity contribution in [2.45, 2.75) is 18.4 Å². The molecule has 2 rings (SSSR count). The molecule has 0 saturated carbocycles. The first-order valence-corrected chi connectivity index (χ1v) is 8.19. The fraction of sp³-hybridized carbons (Fsp3) is 0.250. The lowest BCUT2D eigenvalue weighted by Crippen LogP contribution is -2.15. The number of sulfonamides is 1. The highest BCUT2D eigenvalue weighted by atomic mass is 32.2. The highest BCUT2D eigenvalue weighted by Crippen LogP contribution is 2.20. The molecule has 0 atom stereocenters. The molecule has 0 aliphatic heterocycles. The van der Waals surface area contributed by atoms with Gasteiger partial charge in [-0.05, 0) is 50.3 Å². The summed E-state index contributed by atoms with van der Waals surface area (Å²) < 4.78 is 27.5. The number of rotatable bonds is 5. The molecule has 0 amide bonds. The lowest BCUT2D eigenvalue weighted by Gasteiger charge is -2.13. The minimum atomic E-state index is -3.55. The van der Waals surface area contributed by atoms with Gasteiger partial charge in [0.25, 0.3) is 10.0 Å². The molecule has 0 aliphatic rings. The minimum absolute atomic E-state index is 0.308. The monoisotopic (exact) mass is 304 g/mol. The van der Waals surface area contributed by atoms with Crippen molar-refractivity contribution in [1.29, 1.82) is 0 Å². The maximum Gasteiger partial charge on any atom is 0.262 e. The highest BCUT2D eigenvalue weighted by molar-refractivity contribution is 7.92. The van der Waals surface area contributed by atoms with Crippen LogP contribution in [0.4, 0.5) is 5.69 Å². The zero-order valence-electron chi connectivity index (χ0n) is 12.5. The number of nitrogens with zero attached hydrogens (tertiary/aromatic N) is 1. The van der Waals surface area contributed by atoms with E-state index >= 15 is 0 Å². The summed E-state index contributed by atoms with van der Waals surface area (Å²) in [4.78, 5) is 2.35. The molecule has 0 fully saturated rings. The molecule has 0 radical (unpaired) electrons. The van der Waals surface area contributed by atoms with Gasteiger partial charge in [-0.1, -0.05) is 30.3 Å². The largest absolute Gasteiger partial charge is 0.305 e. The molecule has 0 saturated heterocycles. The van der Waals surface area contributed by atoms with Gasteiger partial charge in [0, 0.05) is 12.2 Å². The Balaban J connectivity index is 2.27. The highest BCUT2D eigenvalue weighted by Gasteiger charge is 2.16. The molecule has 5 heteroatoms. The lowest BCUT2D eigenvalue weighted by atomic mass is 10.2. The number of hydrogen-bond acceptors (Lipinski definition) is 3. The molecule has 0 heterocycles. The molecule has 0 aromatic heterocycles. The summed E-state index contributed by atoms with van der Waals surface area (Å²) in [6.07, 6.45) is 0. The van der Waals surface area contributed by atoms with E-state index < -0.39 is 10.0 Å². The van der Waals surface area contributed by atoms with Crippen LogP contribution in [0.1, 0.15) is 11.1 Å². The SMILES string of the molecule is Cc1ccccc1S(=O)(=O)Nc1cccc(CN(C)C)c1. The van der Waals surface area contributed by atoms with E-state index in [0.29, 0.717) is 10.6 Å². The Kier molecular flexibility index (Phi) is 4.65. The lowest BCUT2D eigenvalue weighted by molar-refractivity contribution is 0.402. The van der Waals surface area contributed by atoms with E-state index in [9.17, 15) is 8.42 Å². The minimum Gasteiger partial charge on any atom is -0.305 e. The van der Waals surface area contributed by atoms with Crippen LogP contribution in [-0.2, 0) is 16.6 Å². The Morgan fingerprint density at radius 1 is 1.05 bits per heavy atom. The summed E-state index contributed by atoms with van der Waals surface area (Å²) in [5.74, 6) is 0. The normalized spacial score (nSPS) is 11.6. The number of anilines is 1. The van der Waals surface area contributed by atoms with E-state index in [1.165, 1.54) is 0 Å². The van der Waals surface area contributed by atoms with Crippen LogP contribution in [0.25, 0.3) is 0 Å². The van der Waals surface area contributed by atoms with Crippen LogP contribution >= 0.6 is 0 Å². The van der Waals surface area contributed by atoms with E-state index in [1.54, 1.807) is 31.2 Å². The first-order chi connectivity index (χ1) is 9.88. The predicted octanol–water partition coefficient (Wildman–Crippen LogP) is 2.86. The summed E-state index contributed by atoms with van der Waals surface area (Å²) in [7, 11) is 0.400. The van der Waals surface area contributed by atoms with Gasteiger partial charge in [0.1, 0.15) is 0 Å². The van der Waals surface area contributed by atoms with Gasteiger partial charge < -0.3 is 4.90 Å². The Labute approximate surface area is 126 Å². The molecular formula is C16H20N2O2S. The molecule has 1 N–H and O–H groups in total. The average molecular weight is 304 g/mol. The number of benzene rings is 2. The summed E-state index contributed by atoms with van der Waals surface area (Å²) in [5.41, 5.74) is 2.37. The van der Waals surface area contributed by atoms with Crippen LogP contribution in [0.5, 0.6) is 0 Å². The van der Waals surface area contributed by atoms with E-state index in [1.807, 2.05) is 43.3 Å². The Bertz CT molecular complexity index is 725. The van der Waals surface area contributed by atoms with Crippen LogP contribution in [0.2, 0.25) is 0 Å². The molecule has 2 aromatic carbocycles. The van der Waals surface area contributed by atoms with E-state index in [0.717, 1.165) is 17.7 Å². The fourth-order valence-electron chi connectivity index (χ4n) is 2.17. The van der Waals surface area contributed by atoms with Crippen molar-refractivity contribution in [2.24, 2.45) is 0 Å². The maximum atomic E-state index is 12.4. The first kappa shape index (κ1) is 15.5. The second-order valence-corrected chi connectivity index (χ2v) is 6.96. The van der Waals surface area contributed by atoms with Crippen molar-refractivity contribution < 1.29 is 8.42 Å². The quantitative estimate of drug-likeness (QED) is 0.924. The molecule has 2 aromatic rings. The van der Waals surface area contributed by atoms with Gasteiger partial charge in [0.05, 0.1) is 4.90 Å².